The molecule has 0 unspecified atom stereocenters. The average Bonchev–Trinajstić information content (AvgIpc) is 3.00. The van der Waals surface area contributed by atoms with Crippen LogP contribution < -0.4 is 20.7 Å². The molecular weight excluding hydrogens is 550 g/mol. The van der Waals surface area contributed by atoms with Gasteiger partial charge in [-0.3, -0.25) is 24.1 Å². The SMILES string of the molecule is CC(C)[C@@H]1COc2ccccc2C(=O)N[C@H](C(=O)NCc2cccc(CN3CCOCC3)c2)CCC(=O)N(C)CC(=O)N1. The van der Waals surface area contributed by atoms with Crippen LogP contribution in [-0.4, -0.2) is 92.0 Å². The van der Waals surface area contributed by atoms with Crippen LogP contribution in [0, 0.1) is 5.92 Å². The predicted octanol–water partition coefficient (Wildman–Crippen LogP) is 1.71. The molecule has 4 amide bonds. The van der Waals surface area contributed by atoms with Gasteiger partial charge in [0.2, 0.25) is 17.7 Å². The molecule has 4 rings (SSSR count). The molecule has 232 valence electrons. The van der Waals surface area contributed by atoms with Gasteiger partial charge in [0.05, 0.1) is 31.4 Å². The van der Waals surface area contributed by atoms with Gasteiger partial charge in [-0.1, -0.05) is 50.2 Å². The molecule has 2 heterocycles. The second-order valence-electron chi connectivity index (χ2n) is 11.5. The maximum Gasteiger partial charge on any atom is 0.255 e. The summed E-state index contributed by atoms with van der Waals surface area (Å²) in [7, 11) is 1.55. The van der Waals surface area contributed by atoms with E-state index in [0.717, 1.165) is 44.0 Å². The molecule has 2 aliphatic heterocycles. The molecule has 11 heteroatoms. The quantitative estimate of drug-likeness (QED) is 0.465. The van der Waals surface area contributed by atoms with Crippen molar-refractivity contribution in [2.75, 3.05) is 46.5 Å². The monoisotopic (exact) mass is 593 g/mol. The van der Waals surface area contributed by atoms with E-state index < -0.39 is 17.9 Å². The number of carbonyl (C=O) groups excluding carboxylic acids is 4. The number of carbonyl (C=O) groups is 4. The van der Waals surface area contributed by atoms with Crippen LogP contribution in [0.15, 0.2) is 48.5 Å². The summed E-state index contributed by atoms with van der Waals surface area (Å²) in [5.74, 6) is -1.09. The molecule has 2 aliphatic rings. The average molecular weight is 594 g/mol. The Balaban J connectivity index is 1.48. The lowest BCUT2D eigenvalue weighted by Gasteiger charge is -2.26. The number of likely N-dealkylation sites (N-methyl/N-ethyl adjacent to an activating group) is 1. The van der Waals surface area contributed by atoms with Gasteiger partial charge in [-0.15, -0.1) is 0 Å². The minimum atomic E-state index is -0.975. The Morgan fingerprint density at radius 1 is 1.02 bits per heavy atom. The van der Waals surface area contributed by atoms with Crippen LogP contribution in [-0.2, 0) is 32.2 Å². The zero-order valence-electron chi connectivity index (χ0n) is 25.3. The first-order valence-electron chi connectivity index (χ1n) is 14.9. The van der Waals surface area contributed by atoms with Crippen LogP contribution in [0.4, 0.5) is 0 Å². The van der Waals surface area contributed by atoms with Gasteiger partial charge in [-0.25, -0.2) is 0 Å². The fraction of sp³-hybridized carbons (Fsp3) is 0.500. The molecule has 0 spiro atoms. The second kappa shape index (κ2) is 15.5. The Bertz CT molecular complexity index is 1280. The highest BCUT2D eigenvalue weighted by Gasteiger charge is 2.27. The van der Waals surface area contributed by atoms with E-state index in [1.54, 1.807) is 31.3 Å². The lowest BCUT2D eigenvalue weighted by Crippen LogP contribution is -2.48. The minimum absolute atomic E-state index is 0.0249. The molecule has 1 fully saturated rings. The number of amides is 4. The van der Waals surface area contributed by atoms with Gasteiger partial charge in [0, 0.05) is 39.6 Å². The van der Waals surface area contributed by atoms with Gasteiger partial charge in [0.15, 0.2) is 0 Å². The van der Waals surface area contributed by atoms with E-state index in [9.17, 15) is 19.2 Å². The summed E-state index contributed by atoms with van der Waals surface area (Å²) in [4.78, 5) is 56.1. The molecule has 2 aromatic carbocycles. The number of fused-ring (bicyclic) bond motifs is 1. The highest BCUT2D eigenvalue weighted by molar-refractivity contribution is 5.99. The summed E-state index contributed by atoms with van der Waals surface area (Å²) in [6, 6.07) is 13.5. The Labute approximate surface area is 253 Å². The molecular formula is C32H43N5O6. The minimum Gasteiger partial charge on any atom is -0.491 e. The van der Waals surface area contributed by atoms with Crippen molar-refractivity contribution in [3.8, 4) is 5.75 Å². The summed E-state index contributed by atoms with van der Waals surface area (Å²) in [6.45, 7) is 8.22. The number of hydrogen-bond acceptors (Lipinski definition) is 7. The Morgan fingerprint density at radius 3 is 2.53 bits per heavy atom. The summed E-state index contributed by atoms with van der Waals surface area (Å²) in [6.07, 6.45) is 0.0417. The first kappa shape index (κ1) is 32.0. The van der Waals surface area contributed by atoms with Crippen molar-refractivity contribution >= 4 is 23.6 Å². The molecule has 3 N–H and O–H groups in total. The van der Waals surface area contributed by atoms with Crippen LogP contribution in [0.5, 0.6) is 5.75 Å². The van der Waals surface area contributed by atoms with E-state index in [4.69, 9.17) is 9.47 Å². The van der Waals surface area contributed by atoms with E-state index in [1.807, 2.05) is 26.0 Å². The van der Waals surface area contributed by atoms with Crippen molar-refractivity contribution in [2.45, 2.75) is 51.9 Å². The van der Waals surface area contributed by atoms with Gasteiger partial charge >= 0.3 is 0 Å². The van der Waals surface area contributed by atoms with Crippen LogP contribution >= 0.6 is 0 Å². The van der Waals surface area contributed by atoms with E-state index in [0.29, 0.717) is 5.75 Å². The first-order chi connectivity index (χ1) is 20.7. The zero-order chi connectivity index (χ0) is 30.8. The Kier molecular flexibility index (Phi) is 11.5. The fourth-order valence-corrected chi connectivity index (χ4v) is 5.05. The number of morpholine rings is 1. The summed E-state index contributed by atoms with van der Waals surface area (Å²) >= 11 is 0. The lowest BCUT2D eigenvalue weighted by atomic mass is 10.1. The van der Waals surface area contributed by atoms with Gasteiger partial charge in [-0.2, -0.15) is 0 Å². The third-order valence-corrected chi connectivity index (χ3v) is 7.74. The molecule has 2 aromatic rings. The maximum atomic E-state index is 13.4. The van der Waals surface area contributed by atoms with Crippen molar-refractivity contribution in [1.29, 1.82) is 0 Å². The molecule has 0 saturated carbocycles. The number of benzene rings is 2. The summed E-state index contributed by atoms with van der Waals surface area (Å²) in [5.41, 5.74) is 2.34. The summed E-state index contributed by atoms with van der Waals surface area (Å²) in [5, 5.41) is 8.69. The van der Waals surface area contributed by atoms with Gasteiger partial charge in [-0.05, 0) is 35.6 Å². The normalized spacial score (nSPS) is 21.1. The number of rotatable bonds is 6. The molecule has 2 atom stereocenters. The van der Waals surface area contributed by atoms with Crippen molar-refractivity contribution in [3.63, 3.8) is 0 Å². The third-order valence-electron chi connectivity index (χ3n) is 7.74. The van der Waals surface area contributed by atoms with Crippen molar-refractivity contribution < 1.29 is 28.7 Å². The van der Waals surface area contributed by atoms with Gasteiger partial charge in [0.1, 0.15) is 18.4 Å². The summed E-state index contributed by atoms with van der Waals surface area (Å²) < 4.78 is 11.4. The topological polar surface area (TPSA) is 129 Å². The standard InChI is InChI=1S/C32H43N5O6/c1-22(2)27-21-43-28-10-5-4-9-25(28)31(40)35-26(11-12-30(39)36(3)20-29(38)34-27)32(41)33-18-23-7-6-8-24(17-23)19-37-13-15-42-16-14-37/h4-10,17,22,26-27H,11-16,18-21H2,1-3H3,(H,33,41)(H,34,38)(H,35,40)/t26-,27-/m0/s1. The van der Waals surface area contributed by atoms with E-state index in [1.165, 1.54) is 4.90 Å². The Hall–Kier alpha value is -3.96. The van der Waals surface area contributed by atoms with Gasteiger partial charge in [0.25, 0.3) is 5.91 Å². The smallest absolute Gasteiger partial charge is 0.255 e. The number of ether oxygens (including phenoxy) is 2. The van der Waals surface area contributed by atoms with E-state index in [2.05, 4.69) is 33.0 Å². The van der Waals surface area contributed by atoms with Crippen LogP contribution in [0.2, 0.25) is 0 Å². The zero-order valence-corrected chi connectivity index (χ0v) is 25.3. The van der Waals surface area contributed by atoms with Crippen LogP contribution in [0.1, 0.15) is 48.2 Å². The largest absolute Gasteiger partial charge is 0.491 e. The van der Waals surface area contributed by atoms with Gasteiger partial charge < -0.3 is 30.3 Å². The van der Waals surface area contributed by atoms with Crippen LogP contribution in [0.25, 0.3) is 0 Å². The molecule has 0 aromatic heterocycles. The predicted molar refractivity (Wildman–Crippen MR) is 161 cm³/mol. The van der Waals surface area contributed by atoms with Crippen molar-refractivity contribution in [1.82, 2.24) is 25.8 Å². The first-order valence-corrected chi connectivity index (χ1v) is 14.9. The highest BCUT2D eigenvalue weighted by atomic mass is 16.5. The lowest BCUT2D eigenvalue weighted by molar-refractivity contribution is -0.135. The molecule has 0 aliphatic carbocycles. The molecule has 1 saturated heterocycles. The van der Waals surface area contributed by atoms with E-state index >= 15 is 0 Å². The Morgan fingerprint density at radius 2 is 1.77 bits per heavy atom. The molecule has 0 radical (unpaired) electrons. The number of nitrogens with one attached hydrogen (secondary N) is 3. The third kappa shape index (κ3) is 9.52. The van der Waals surface area contributed by atoms with Crippen LogP contribution in [0.3, 0.4) is 0 Å². The number of hydrogen-bond donors (Lipinski definition) is 3. The van der Waals surface area contributed by atoms with Crippen molar-refractivity contribution in [3.05, 3.63) is 65.2 Å². The van der Waals surface area contributed by atoms with Crippen molar-refractivity contribution in [2.24, 2.45) is 5.92 Å². The molecule has 43 heavy (non-hydrogen) atoms. The molecule has 0 bridgehead atoms. The number of para-hydroxylation sites is 1. The van der Waals surface area contributed by atoms with E-state index in [-0.39, 0.29) is 61.9 Å². The highest BCUT2D eigenvalue weighted by Crippen LogP contribution is 2.20. The number of nitrogens with zero attached hydrogens (tertiary/aromatic N) is 2. The second-order valence-corrected chi connectivity index (χ2v) is 11.5. The fourth-order valence-electron chi connectivity index (χ4n) is 5.05. The maximum absolute atomic E-state index is 13.4. The molecule has 11 nitrogen and oxygen atoms in total.